The average molecular weight is 399 g/mol. The number of fused-ring (bicyclic) bond motifs is 1. The van der Waals surface area contributed by atoms with Gasteiger partial charge >= 0.3 is 0 Å². The van der Waals surface area contributed by atoms with Gasteiger partial charge in [0.25, 0.3) is 0 Å². The monoisotopic (exact) mass is 399 g/mol. The van der Waals surface area contributed by atoms with Gasteiger partial charge in [0.1, 0.15) is 11.5 Å². The fraction of sp³-hybridized carbons (Fsp3) is 0.174. The molecular formula is C23H21N5O2. The van der Waals surface area contributed by atoms with E-state index < -0.39 is 0 Å². The lowest BCUT2D eigenvalue weighted by atomic mass is 10.2. The number of phenolic OH excluding ortho intramolecular Hbond substituents is 2. The Kier molecular flexibility index (Phi) is 4.98. The number of benzene rings is 2. The third-order valence-electron chi connectivity index (χ3n) is 4.71. The maximum atomic E-state index is 9.86. The molecule has 2 aromatic carbocycles. The van der Waals surface area contributed by atoms with Crippen LogP contribution in [0.3, 0.4) is 0 Å². The van der Waals surface area contributed by atoms with Crippen molar-refractivity contribution in [1.82, 2.24) is 19.7 Å². The fourth-order valence-corrected chi connectivity index (χ4v) is 3.22. The Morgan fingerprint density at radius 1 is 1.03 bits per heavy atom. The molecule has 0 fully saturated rings. The molecule has 0 amide bonds. The summed E-state index contributed by atoms with van der Waals surface area (Å²) in [4.78, 5) is 11.1. The number of aromatic nitrogens is 4. The van der Waals surface area contributed by atoms with E-state index in [1.807, 2.05) is 34.0 Å². The standard InChI is InChI=1S/C23H21N5O2/c1-4-7-27(18-8-19(29)11-20(30)9-18)17-5-6-21-22(10-17)26-23(13-24-21)16-12-25-28(14-16)15(2)3/h1,5-6,8-15,29-30H,7H2,2-3H3. The summed E-state index contributed by atoms with van der Waals surface area (Å²) in [6.07, 6.45) is 11.0. The first kappa shape index (κ1) is 19.3. The Hall–Kier alpha value is -4.05. The second-order valence-corrected chi connectivity index (χ2v) is 7.23. The normalized spacial score (nSPS) is 11.0. The minimum Gasteiger partial charge on any atom is -0.508 e. The Bertz CT molecular complexity index is 1240. The molecule has 0 saturated carbocycles. The van der Waals surface area contributed by atoms with Gasteiger partial charge < -0.3 is 15.1 Å². The highest BCUT2D eigenvalue weighted by Crippen LogP contribution is 2.33. The van der Waals surface area contributed by atoms with Crippen molar-refractivity contribution in [3.05, 3.63) is 55.0 Å². The quantitative estimate of drug-likeness (QED) is 0.488. The van der Waals surface area contributed by atoms with E-state index in [0.717, 1.165) is 22.5 Å². The molecule has 0 radical (unpaired) electrons. The van der Waals surface area contributed by atoms with E-state index in [2.05, 4.69) is 29.9 Å². The van der Waals surface area contributed by atoms with Crippen LogP contribution >= 0.6 is 0 Å². The van der Waals surface area contributed by atoms with Gasteiger partial charge in [0.05, 0.1) is 35.7 Å². The highest BCUT2D eigenvalue weighted by atomic mass is 16.3. The number of hydrogen-bond acceptors (Lipinski definition) is 6. The molecule has 0 aliphatic heterocycles. The van der Waals surface area contributed by atoms with Crippen LogP contribution in [0.2, 0.25) is 0 Å². The number of nitrogens with zero attached hydrogens (tertiary/aromatic N) is 5. The summed E-state index contributed by atoms with van der Waals surface area (Å²) in [6.45, 7) is 4.38. The maximum absolute atomic E-state index is 9.86. The van der Waals surface area contributed by atoms with E-state index in [1.54, 1.807) is 24.5 Å². The van der Waals surface area contributed by atoms with Gasteiger partial charge in [-0.2, -0.15) is 5.10 Å². The van der Waals surface area contributed by atoms with Crippen molar-refractivity contribution in [3.8, 4) is 35.1 Å². The first-order chi connectivity index (χ1) is 14.4. The number of hydrogen-bond donors (Lipinski definition) is 2. The lowest BCUT2D eigenvalue weighted by molar-refractivity contribution is 0.451. The third-order valence-corrected chi connectivity index (χ3v) is 4.71. The lowest BCUT2D eigenvalue weighted by Crippen LogP contribution is -2.17. The summed E-state index contributed by atoms with van der Waals surface area (Å²) < 4.78 is 1.88. The van der Waals surface area contributed by atoms with Gasteiger partial charge in [0.15, 0.2) is 0 Å². The number of terminal acetylenes is 1. The van der Waals surface area contributed by atoms with Crippen LogP contribution in [0.15, 0.2) is 55.0 Å². The molecule has 0 unspecified atom stereocenters. The number of phenols is 2. The van der Waals surface area contributed by atoms with Crippen molar-refractivity contribution >= 4 is 22.4 Å². The van der Waals surface area contributed by atoms with Gasteiger partial charge in [-0.05, 0) is 32.0 Å². The maximum Gasteiger partial charge on any atom is 0.121 e. The zero-order chi connectivity index (χ0) is 21.3. The zero-order valence-electron chi connectivity index (χ0n) is 16.7. The summed E-state index contributed by atoms with van der Waals surface area (Å²) in [5, 5.41) is 24.1. The molecule has 4 rings (SSSR count). The molecule has 0 aliphatic rings. The van der Waals surface area contributed by atoms with E-state index in [0.29, 0.717) is 11.2 Å². The molecule has 2 heterocycles. The molecular weight excluding hydrogens is 378 g/mol. The first-order valence-corrected chi connectivity index (χ1v) is 9.50. The Labute approximate surface area is 174 Å². The van der Waals surface area contributed by atoms with Crippen LogP contribution in [0.5, 0.6) is 11.5 Å². The van der Waals surface area contributed by atoms with Gasteiger partial charge in [-0.1, -0.05) is 5.92 Å². The SMILES string of the molecule is C#CCN(c1cc(O)cc(O)c1)c1ccc2ncc(-c3cnn(C(C)C)c3)nc2c1. The summed E-state index contributed by atoms with van der Waals surface area (Å²) >= 11 is 0. The van der Waals surface area contributed by atoms with Crippen molar-refractivity contribution in [3.63, 3.8) is 0 Å². The van der Waals surface area contributed by atoms with E-state index in [-0.39, 0.29) is 24.1 Å². The second kappa shape index (κ2) is 7.76. The predicted octanol–water partition coefficient (Wildman–Crippen LogP) is 4.26. The molecule has 7 heteroatoms. The van der Waals surface area contributed by atoms with E-state index in [4.69, 9.17) is 11.4 Å². The number of anilines is 2. The molecule has 0 atom stereocenters. The van der Waals surface area contributed by atoms with Crippen LogP contribution < -0.4 is 4.90 Å². The van der Waals surface area contributed by atoms with Crippen molar-refractivity contribution in [2.24, 2.45) is 0 Å². The van der Waals surface area contributed by atoms with Crippen LogP contribution in [0, 0.1) is 12.3 Å². The van der Waals surface area contributed by atoms with Gasteiger partial charge in [0.2, 0.25) is 0 Å². The largest absolute Gasteiger partial charge is 0.508 e. The Morgan fingerprint density at radius 3 is 2.47 bits per heavy atom. The molecule has 30 heavy (non-hydrogen) atoms. The van der Waals surface area contributed by atoms with Gasteiger partial charge in [-0.15, -0.1) is 6.42 Å². The second-order valence-electron chi connectivity index (χ2n) is 7.23. The topological polar surface area (TPSA) is 87.3 Å². The molecule has 150 valence electrons. The molecule has 2 N–H and O–H groups in total. The van der Waals surface area contributed by atoms with E-state index in [1.165, 1.54) is 6.07 Å². The molecule has 4 aromatic rings. The van der Waals surface area contributed by atoms with Crippen molar-refractivity contribution in [2.75, 3.05) is 11.4 Å². The molecule has 0 bridgehead atoms. The molecule has 7 nitrogen and oxygen atoms in total. The minimum atomic E-state index is -0.0444. The fourth-order valence-electron chi connectivity index (χ4n) is 3.22. The third kappa shape index (κ3) is 3.76. The van der Waals surface area contributed by atoms with E-state index >= 15 is 0 Å². The number of rotatable bonds is 5. The first-order valence-electron chi connectivity index (χ1n) is 9.50. The predicted molar refractivity (Wildman–Crippen MR) is 117 cm³/mol. The zero-order valence-corrected chi connectivity index (χ0v) is 16.7. The Balaban J connectivity index is 1.77. The molecule has 0 saturated heterocycles. The van der Waals surface area contributed by atoms with Crippen LogP contribution in [0.1, 0.15) is 19.9 Å². The van der Waals surface area contributed by atoms with Crippen LogP contribution in [-0.2, 0) is 0 Å². The summed E-state index contributed by atoms with van der Waals surface area (Å²) in [7, 11) is 0. The Morgan fingerprint density at radius 2 is 1.80 bits per heavy atom. The van der Waals surface area contributed by atoms with Gasteiger partial charge in [-0.25, -0.2) is 4.98 Å². The van der Waals surface area contributed by atoms with Crippen LogP contribution in [-0.4, -0.2) is 36.5 Å². The molecule has 0 spiro atoms. The number of aromatic hydroxyl groups is 2. The van der Waals surface area contributed by atoms with E-state index in [9.17, 15) is 10.2 Å². The average Bonchev–Trinajstić information content (AvgIpc) is 3.21. The molecule has 0 aliphatic carbocycles. The van der Waals surface area contributed by atoms with Crippen LogP contribution in [0.25, 0.3) is 22.3 Å². The summed E-state index contributed by atoms with van der Waals surface area (Å²) in [5.74, 6) is 2.53. The highest BCUT2D eigenvalue weighted by molar-refractivity contribution is 5.82. The lowest BCUT2D eigenvalue weighted by Gasteiger charge is -2.23. The highest BCUT2D eigenvalue weighted by Gasteiger charge is 2.13. The van der Waals surface area contributed by atoms with Crippen molar-refractivity contribution in [2.45, 2.75) is 19.9 Å². The van der Waals surface area contributed by atoms with Gasteiger partial charge in [0, 0.05) is 47.4 Å². The van der Waals surface area contributed by atoms with Crippen molar-refractivity contribution < 1.29 is 10.2 Å². The van der Waals surface area contributed by atoms with Crippen molar-refractivity contribution in [1.29, 1.82) is 0 Å². The van der Waals surface area contributed by atoms with Gasteiger partial charge in [-0.3, -0.25) is 9.67 Å². The molecule has 2 aromatic heterocycles. The summed E-state index contributed by atoms with van der Waals surface area (Å²) in [5.41, 5.74) is 4.42. The smallest absolute Gasteiger partial charge is 0.121 e. The summed E-state index contributed by atoms with van der Waals surface area (Å²) in [6, 6.07) is 10.3. The minimum absolute atomic E-state index is 0.0444. The van der Waals surface area contributed by atoms with Crippen LogP contribution in [0.4, 0.5) is 11.4 Å².